The van der Waals surface area contributed by atoms with Crippen LogP contribution < -0.4 is 5.32 Å². The van der Waals surface area contributed by atoms with Gasteiger partial charge in [0, 0.05) is 5.56 Å². The summed E-state index contributed by atoms with van der Waals surface area (Å²) in [6.07, 6.45) is 1.73. The van der Waals surface area contributed by atoms with Gasteiger partial charge < -0.3 is 5.32 Å². The number of rotatable bonds is 5. The number of Topliss-reactive ketones (excluding diaryl/α,β-unsaturated/α-hetero) is 1. The van der Waals surface area contributed by atoms with E-state index in [1.54, 1.807) is 24.3 Å². The second-order valence-electron chi connectivity index (χ2n) is 3.40. The van der Waals surface area contributed by atoms with Crippen molar-refractivity contribution in [2.45, 2.75) is 19.4 Å². The maximum atomic E-state index is 12.0. The minimum atomic E-state index is -0.479. The van der Waals surface area contributed by atoms with Crippen LogP contribution in [0.3, 0.4) is 0 Å². The lowest BCUT2D eigenvalue weighted by molar-refractivity contribution is -0.116. The minimum absolute atomic E-state index is 0.0710. The number of nitrogens with one attached hydrogen (secondary N) is 1. The average Bonchev–Trinajstić information content (AvgIpc) is 2.35. The fourth-order valence-corrected chi connectivity index (χ4v) is 1.39. The highest BCUT2D eigenvalue weighted by atomic mass is 16.2. The average molecular weight is 217 g/mol. The number of hydrogen-bond acceptors (Lipinski definition) is 2. The van der Waals surface area contributed by atoms with Gasteiger partial charge >= 0.3 is 0 Å². The lowest BCUT2D eigenvalue weighted by Gasteiger charge is -2.14. The molecule has 0 aliphatic rings. The normalized spacial score (nSPS) is 11.6. The fraction of sp³-hybridized carbons (Fsp3) is 0.231. The van der Waals surface area contributed by atoms with Gasteiger partial charge in [-0.3, -0.25) is 9.59 Å². The van der Waals surface area contributed by atoms with Crippen molar-refractivity contribution in [2.24, 2.45) is 0 Å². The summed E-state index contributed by atoms with van der Waals surface area (Å²) >= 11 is 0. The molecule has 0 aromatic heterocycles. The van der Waals surface area contributed by atoms with Gasteiger partial charge in [-0.25, -0.2) is 0 Å². The third-order valence-corrected chi connectivity index (χ3v) is 2.28. The van der Waals surface area contributed by atoms with Crippen LogP contribution in [0, 0.1) is 0 Å². The Bertz CT molecular complexity index is 384. The zero-order chi connectivity index (χ0) is 12.0. The first-order valence-corrected chi connectivity index (χ1v) is 5.21. The summed E-state index contributed by atoms with van der Waals surface area (Å²) in [5, 5.41) is 2.61. The van der Waals surface area contributed by atoms with E-state index in [9.17, 15) is 9.59 Å². The highest BCUT2D eigenvalue weighted by Crippen LogP contribution is 2.05. The van der Waals surface area contributed by atoms with E-state index in [1.165, 1.54) is 6.08 Å². The third-order valence-electron chi connectivity index (χ3n) is 2.28. The Balaban J connectivity index is 2.78. The third kappa shape index (κ3) is 3.05. The lowest BCUT2D eigenvalue weighted by Crippen LogP contribution is -2.39. The first-order chi connectivity index (χ1) is 7.69. The lowest BCUT2D eigenvalue weighted by atomic mass is 10.0. The van der Waals surface area contributed by atoms with Crippen molar-refractivity contribution in [1.29, 1.82) is 0 Å². The van der Waals surface area contributed by atoms with E-state index >= 15 is 0 Å². The molecule has 84 valence electrons. The van der Waals surface area contributed by atoms with Gasteiger partial charge in [0.15, 0.2) is 5.78 Å². The van der Waals surface area contributed by atoms with Crippen molar-refractivity contribution < 1.29 is 9.59 Å². The summed E-state index contributed by atoms with van der Waals surface area (Å²) in [5.41, 5.74) is 0.610. The standard InChI is InChI=1S/C13H15NO2/c1-3-11(14-12(15)4-2)13(16)10-8-6-5-7-9-10/h4-9,11H,2-3H2,1H3,(H,14,15). The summed E-state index contributed by atoms with van der Waals surface area (Å²) < 4.78 is 0. The quantitative estimate of drug-likeness (QED) is 0.605. The molecule has 1 aromatic rings. The van der Waals surface area contributed by atoms with Crippen LogP contribution in [0.1, 0.15) is 23.7 Å². The number of ketones is 1. The van der Waals surface area contributed by atoms with E-state index in [2.05, 4.69) is 11.9 Å². The Hall–Kier alpha value is -1.90. The van der Waals surface area contributed by atoms with E-state index < -0.39 is 6.04 Å². The monoisotopic (exact) mass is 217 g/mol. The van der Waals surface area contributed by atoms with Gasteiger partial charge in [-0.15, -0.1) is 0 Å². The molecule has 1 N–H and O–H groups in total. The summed E-state index contributed by atoms with van der Waals surface area (Å²) in [4.78, 5) is 23.1. The van der Waals surface area contributed by atoms with Crippen LogP contribution in [0.4, 0.5) is 0 Å². The van der Waals surface area contributed by atoms with E-state index in [0.29, 0.717) is 12.0 Å². The molecule has 0 saturated carbocycles. The molecule has 0 aliphatic heterocycles. The molecule has 0 spiro atoms. The van der Waals surface area contributed by atoms with Crippen LogP contribution >= 0.6 is 0 Å². The highest BCUT2D eigenvalue weighted by molar-refractivity contribution is 6.02. The van der Waals surface area contributed by atoms with E-state index in [1.807, 2.05) is 13.0 Å². The molecule has 0 aliphatic carbocycles. The first kappa shape index (κ1) is 12.2. The molecular weight excluding hydrogens is 202 g/mol. The number of carbonyl (C=O) groups excluding carboxylic acids is 2. The molecule has 1 unspecified atom stereocenters. The van der Waals surface area contributed by atoms with Crippen molar-refractivity contribution in [3.63, 3.8) is 0 Å². The molecule has 0 fully saturated rings. The van der Waals surface area contributed by atoms with Gasteiger partial charge in [0.1, 0.15) is 0 Å². The Kier molecular flexibility index (Phi) is 4.45. The van der Waals surface area contributed by atoms with Crippen LogP contribution in [0.15, 0.2) is 43.0 Å². The predicted octanol–water partition coefficient (Wildman–Crippen LogP) is 1.95. The number of amides is 1. The topological polar surface area (TPSA) is 46.2 Å². The first-order valence-electron chi connectivity index (χ1n) is 5.21. The maximum Gasteiger partial charge on any atom is 0.243 e. The molecule has 0 bridgehead atoms. The molecule has 3 heteroatoms. The van der Waals surface area contributed by atoms with Gasteiger partial charge in [-0.05, 0) is 12.5 Å². The van der Waals surface area contributed by atoms with Crippen molar-refractivity contribution in [3.8, 4) is 0 Å². The van der Waals surface area contributed by atoms with E-state index in [4.69, 9.17) is 0 Å². The summed E-state index contributed by atoms with van der Waals surface area (Å²) in [7, 11) is 0. The van der Waals surface area contributed by atoms with Crippen LogP contribution in [0.5, 0.6) is 0 Å². The molecule has 0 radical (unpaired) electrons. The van der Waals surface area contributed by atoms with Gasteiger partial charge in [0.25, 0.3) is 0 Å². The minimum Gasteiger partial charge on any atom is -0.342 e. The van der Waals surface area contributed by atoms with Crippen LogP contribution in [0.2, 0.25) is 0 Å². The number of hydrogen-bond donors (Lipinski definition) is 1. The van der Waals surface area contributed by atoms with Crippen LogP contribution in [-0.4, -0.2) is 17.7 Å². The van der Waals surface area contributed by atoms with E-state index in [0.717, 1.165) is 0 Å². The highest BCUT2D eigenvalue weighted by Gasteiger charge is 2.18. The Morgan fingerprint density at radius 1 is 1.38 bits per heavy atom. The van der Waals surface area contributed by atoms with Crippen molar-refractivity contribution in [3.05, 3.63) is 48.6 Å². The molecule has 1 rings (SSSR count). The molecule has 1 atom stereocenters. The SMILES string of the molecule is C=CC(=O)NC(CC)C(=O)c1ccccc1. The molecular formula is C13H15NO2. The van der Waals surface area contributed by atoms with Crippen molar-refractivity contribution >= 4 is 11.7 Å². The summed E-state index contributed by atoms with van der Waals surface area (Å²) in [6.45, 7) is 5.21. The Labute approximate surface area is 95.2 Å². The van der Waals surface area contributed by atoms with E-state index in [-0.39, 0.29) is 11.7 Å². The molecule has 0 heterocycles. The Morgan fingerprint density at radius 3 is 2.50 bits per heavy atom. The van der Waals surface area contributed by atoms with Gasteiger partial charge in [-0.2, -0.15) is 0 Å². The molecule has 3 nitrogen and oxygen atoms in total. The van der Waals surface area contributed by atoms with Crippen LogP contribution in [0.25, 0.3) is 0 Å². The van der Waals surface area contributed by atoms with Crippen LogP contribution in [-0.2, 0) is 4.79 Å². The molecule has 16 heavy (non-hydrogen) atoms. The molecule has 1 amide bonds. The molecule has 1 aromatic carbocycles. The van der Waals surface area contributed by atoms with Gasteiger partial charge in [-0.1, -0.05) is 43.8 Å². The summed E-state index contributed by atoms with van der Waals surface area (Å²) in [6, 6.07) is 8.45. The smallest absolute Gasteiger partial charge is 0.243 e. The van der Waals surface area contributed by atoms with Crippen molar-refractivity contribution in [2.75, 3.05) is 0 Å². The van der Waals surface area contributed by atoms with Crippen molar-refractivity contribution in [1.82, 2.24) is 5.32 Å². The zero-order valence-electron chi connectivity index (χ0n) is 9.27. The molecule has 0 saturated heterocycles. The van der Waals surface area contributed by atoms with Gasteiger partial charge in [0.05, 0.1) is 6.04 Å². The number of carbonyl (C=O) groups is 2. The fourth-order valence-electron chi connectivity index (χ4n) is 1.39. The Morgan fingerprint density at radius 2 is 2.00 bits per heavy atom. The second-order valence-corrected chi connectivity index (χ2v) is 3.40. The number of benzene rings is 1. The predicted molar refractivity (Wildman–Crippen MR) is 63.2 cm³/mol. The maximum absolute atomic E-state index is 12.0. The second kappa shape index (κ2) is 5.85. The van der Waals surface area contributed by atoms with Gasteiger partial charge in [0.2, 0.25) is 5.91 Å². The zero-order valence-corrected chi connectivity index (χ0v) is 9.27. The summed E-state index contributed by atoms with van der Waals surface area (Å²) in [5.74, 6) is -0.394. The largest absolute Gasteiger partial charge is 0.342 e.